The molecule has 8 nitrogen and oxygen atoms in total. The van der Waals surface area contributed by atoms with Crippen molar-refractivity contribution in [2.24, 2.45) is 0 Å². The first-order valence-electron chi connectivity index (χ1n) is 7.89. The third-order valence-electron chi connectivity index (χ3n) is 4.26. The fourth-order valence-electron chi connectivity index (χ4n) is 2.97. The van der Waals surface area contributed by atoms with Gasteiger partial charge in [-0.25, -0.2) is 0 Å². The summed E-state index contributed by atoms with van der Waals surface area (Å²) in [4.78, 5) is 35.9. The van der Waals surface area contributed by atoms with E-state index in [9.17, 15) is 19.7 Å². The summed E-state index contributed by atoms with van der Waals surface area (Å²) >= 11 is 0. The SMILES string of the molecule is COC(=O)C[C@H](C(=O)Nc1ccc(C)cc1[N+](=O)[O-])[NH+]1CCCC1. The molecule has 0 unspecified atom stereocenters. The Hall–Kier alpha value is -2.48. The average molecular weight is 336 g/mol. The minimum Gasteiger partial charge on any atom is -0.469 e. The van der Waals surface area contributed by atoms with Gasteiger partial charge in [0.1, 0.15) is 12.1 Å². The minimum absolute atomic E-state index is 0.0443. The number of nitrogens with one attached hydrogen (secondary N) is 2. The van der Waals surface area contributed by atoms with Gasteiger partial charge in [-0.15, -0.1) is 0 Å². The van der Waals surface area contributed by atoms with Crippen LogP contribution in [0.3, 0.4) is 0 Å². The molecule has 1 saturated heterocycles. The number of esters is 1. The summed E-state index contributed by atoms with van der Waals surface area (Å²) in [6.45, 7) is 3.34. The molecule has 2 N–H and O–H groups in total. The van der Waals surface area contributed by atoms with E-state index in [0.717, 1.165) is 36.4 Å². The van der Waals surface area contributed by atoms with E-state index in [1.165, 1.54) is 19.2 Å². The van der Waals surface area contributed by atoms with E-state index in [-0.39, 0.29) is 17.8 Å². The van der Waals surface area contributed by atoms with Gasteiger partial charge in [0.25, 0.3) is 11.6 Å². The number of amides is 1. The topological polar surface area (TPSA) is 103 Å². The molecule has 1 amide bonds. The molecule has 1 aliphatic heterocycles. The summed E-state index contributed by atoms with van der Waals surface area (Å²) in [7, 11) is 1.28. The Morgan fingerprint density at radius 2 is 2.04 bits per heavy atom. The molecule has 0 radical (unpaired) electrons. The number of carbonyl (C=O) groups is 2. The van der Waals surface area contributed by atoms with Gasteiger partial charge in [0.2, 0.25) is 0 Å². The maximum absolute atomic E-state index is 12.6. The maximum Gasteiger partial charge on any atom is 0.312 e. The van der Waals surface area contributed by atoms with Crippen LogP contribution in [0.15, 0.2) is 18.2 Å². The maximum atomic E-state index is 12.6. The number of likely N-dealkylation sites (tertiary alicyclic amines) is 1. The lowest BCUT2D eigenvalue weighted by Gasteiger charge is -2.22. The molecule has 1 aromatic rings. The number of quaternary nitrogens is 1. The van der Waals surface area contributed by atoms with Crippen molar-refractivity contribution in [1.82, 2.24) is 0 Å². The van der Waals surface area contributed by atoms with Crippen LogP contribution in [0.25, 0.3) is 0 Å². The number of ether oxygens (including phenoxy) is 1. The van der Waals surface area contributed by atoms with Gasteiger partial charge >= 0.3 is 5.97 Å². The van der Waals surface area contributed by atoms with Gasteiger partial charge in [-0.3, -0.25) is 19.7 Å². The number of hydrogen-bond acceptors (Lipinski definition) is 5. The standard InChI is InChI=1S/C16H21N3O5/c1-11-5-6-12(13(9-11)19(22)23)17-16(21)14(10-15(20)24-2)18-7-3-4-8-18/h5-6,9,14H,3-4,7-8,10H2,1-2H3,(H,17,21)/p+1/t14-/m1/s1. The van der Waals surface area contributed by atoms with Crippen molar-refractivity contribution >= 4 is 23.3 Å². The van der Waals surface area contributed by atoms with Crippen LogP contribution in [0, 0.1) is 17.0 Å². The second-order valence-electron chi connectivity index (χ2n) is 5.97. The number of aryl methyl sites for hydroxylation is 1. The number of nitro groups is 1. The van der Waals surface area contributed by atoms with Crippen molar-refractivity contribution in [1.29, 1.82) is 0 Å². The summed E-state index contributed by atoms with van der Waals surface area (Å²) in [6.07, 6.45) is 1.94. The first-order valence-corrected chi connectivity index (χ1v) is 7.89. The zero-order valence-electron chi connectivity index (χ0n) is 13.8. The first kappa shape index (κ1) is 17.9. The Kier molecular flexibility index (Phi) is 5.86. The van der Waals surface area contributed by atoms with E-state index in [1.54, 1.807) is 13.0 Å². The number of anilines is 1. The number of hydrogen-bond donors (Lipinski definition) is 2. The van der Waals surface area contributed by atoms with Gasteiger partial charge in [-0.1, -0.05) is 6.07 Å². The Balaban J connectivity index is 2.20. The van der Waals surface area contributed by atoms with Crippen molar-refractivity contribution < 1.29 is 24.1 Å². The van der Waals surface area contributed by atoms with Crippen LogP contribution in [0.5, 0.6) is 0 Å². The van der Waals surface area contributed by atoms with E-state index in [2.05, 4.69) is 10.1 Å². The van der Waals surface area contributed by atoms with E-state index in [4.69, 9.17) is 0 Å². The Morgan fingerprint density at radius 3 is 2.62 bits per heavy atom. The Morgan fingerprint density at radius 1 is 1.38 bits per heavy atom. The molecule has 0 bridgehead atoms. The molecule has 0 aliphatic carbocycles. The number of methoxy groups -OCH3 is 1. The average Bonchev–Trinajstić information content (AvgIpc) is 3.07. The molecule has 24 heavy (non-hydrogen) atoms. The number of nitro benzene ring substituents is 1. The molecule has 8 heteroatoms. The molecule has 0 spiro atoms. The number of benzene rings is 1. The fraction of sp³-hybridized carbons (Fsp3) is 0.500. The lowest BCUT2D eigenvalue weighted by atomic mass is 10.1. The molecule has 0 aromatic heterocycles. The van der Waals surface area contributed by atoms with Crippen molar-refractivity contribution in [3.63, 3.8) is 0 Å². The number of carbonyl (C=O) groups excluding carboxylic acids is 2. The predicted molar refractivity (Wildman–Crippen MR) is 86.8 cm³/mol. The zero-order valence-corrected chi connectivity index (χ0v) is 13.8. The predicted octanol–water partition coefficient (Wildman–Crippen LogP) is 0.452. The van der Waals surface area contributed by atoms with Gasteiger partial charge in [0, 0.05) is 18.9 Å². The monoisotopic (exact) mass is 336 g/mol. The largest absolute Gasteiger partial charge is 0.469 e. The molecule has 1 atom stereocenters. The lowest BCUT2D eigenvalue weighted by molar-refractivity contribution is -0.903. The lowest BCUT2D eigenvalue weighted by Crippen LogP contribution is -3.15. The second-order valence-corrected chi connectivity index (χ2v) is 5.97. The number of nitrogens with zero attached hydrogens (tertiary/aromatic N) is 1. The van der Waals surface area contributed by atoms with Gasteiger partial charge in [0.05, 0.1) is 25.1 Å². The highest BCUT2D eigenvalue weighted by Gasteiger charge is 2.35. The smallest absolute Gasteiger partial charge is 0.312 e. The zero-order chi connectivity index (χ0) is 17.7. The van der Waals surface area contributed by atoms with Crippen LogP contribution < -0.4 is 10.2 Å². The molecular weight excluding hydrogens is 314 g/mol. The highest BCUT2D eigenvalue weighted by Crippen LogP contribution is 2.25. The van der Waals surface area contributed by atoms with Gasteiger partial charge in [0.15, 0.2) is 6.04 Å². The van der Waals surface area contributed by atoms with Crippen LogP contribution in [-0.4, -0.2) is 43.0 Å². The molecule has 130 valence electrons. The fourth-order valence-corrected chi connectivity index (χ4v) is 2.97. The van der Waals surface area contributed by atoms with E-state index in [1.807, 2.05) is 0 Å². The van der Waals surface area contributed by atoms with E-state index >= 15 is 0 Å². The second kappa shape index (κ2) is 7.87. The van der Waals surface area contributed by atoms with Gasteiger partial charge < -0.3 is 15.0 Å². The summed E-state index contributed by atoms with van der Waals surface area (Å²) < 4.78 is 4.68. The third kappa shape index (κ3) is 4.29. The van der Waals surface area contributed by atoms with Crippen molar-refractivity contribution in [2.45, 2.75) is 32.2 Å². The molecule has 0 saturated carbocycles. The Labute approximate surface area is 139 Å². The number of rotatable bonds is 6. The molecule has 1 heterocycles. The summed E-state index contributed by atoms with van der Waals surface area (Å²) in [5, 5.41) is 13.8. The van der Waals surface area contributed by atoms with Crippen LogP contribution in [0.2, 0.25) is 0 Å². The first-order chi connectivity index (χ1) is 11.4. The molecular formula is C16H22N3O5+. The van der Waals surface area contributed by atoms with Crippen LogP contribution >= 0.6 is 0 Å². The van der Waals surface area contributed by atoms with Crippen LogP contribution in [0.1, 0.15) is 24.8 Å². The quantitative estimate of drug-likeness (QED) is 0.446. The van der Waals surface area contributed by atoms with E-state index < -0.39 is 22.8 Å². The molecule has 1 aliphatic rings. The van der Waals surface area contributed by atoms with Crippen LogP contribution in [0.4, 0.5) is 11.4 Å². The summed E-state index contributed by atoms with van der Waals surface area (Å²) in [5.74, 6) is -0.864. The summed E-state index contributed by atoms with van der Waals surface area (Å²) in [6, 6.07) is 4.01. The van der Waals surface area contributed by atoms with Crippen LogP contribution in [-0.2, 0) is 14.3 Å². The molecule has 1 fully saturated rings. The molecule has 2 rings (SSSR count). The van der Waals surface area contributed by atoms with Crippen molar-refractivity contribution in [3.8, 4) is 0 Å². The highest BCUT2D eigenvalue weighted by molar-refractivity contribution is 5.97. The highest BCUT2D eigenvalue weighted by atomic mass is 16.6. The van der Waals surface area contributed by atoms with Crippen molar-refractivity contribution in [2.75, 3.05) is 25.5 Å². The summed E-state index contributed by atoms with van der Waals surface area (Å²) in [5.41, 5.74) is 0.719. The third-order valence-corrected chi connectivity index (χ3v) is 4.26. The van der Waals surface area contributed by atoms with Gasteiger partial charge in [-0.05, 0) is 18.6 Å². The normalized spacial score (nSPS) is 15.8. The van der Waals surface area contributed by atoms with E-state index in [0.29, 0.717) is 0 Å². The minimum atomic E-state index is -0.610. The molecule has 1 aromatic carbocycles. The Bertz CT molecular complexity index is 641. The van der Waals surface area contributed by atoms with Crippen molar-refractivity contribution in [3.05, 3.63) is 33.9 Å². The van der Waals surface area contributed by atoms with Gasteiger partial charge in [-0.2, -0.15) is 0 Å².